The minimum Gasteiger partial charge on any atom is -0.325 e. The van der Waals surface area contributed by atoms with Gasteiger partial charge in [-0.1, -0.05) is 13.0 Å². The molecule has 2 rings (SSSR count). The molecule has 0 amide bonds. The molecule has 1 aromatic rings. The first kappa shape index (κ1) is 8.70. The Labute approximate surface area is 79.2 Å². The quantitative estimate of drug-likeness (QED) is 0.748. The van der Waals surface area contributed by atoms with Gasteiger partial charge in [-0.25, -0.2) is 0 Å². The Morgan fingerprint density at radius 1 is 1.46 bits per heavy atom. The summed E-state index contributed by atoms with van der Waals surface area (Å²) in [6, 6.07) is 4.19. The molecule has 1 aromatic heterocycles. The summed E-state index contributed by atoms with van der Waals surface area (Å²) in [4.78, 5) is 4.29. The smallest absolute Gasteiger partial charge is 0.0372 e. The van der Waals surface area contributed by atoms with Crippen molar-refractivity contribution in [2.24, 2.45) is 5.73 Å². The lowest BCUT2D eigenvalue weighted by Crippen LogP contribution is -2.28. The number of nitrogens with zero attached hydrogens (tertiary/aromatic N) is 1. The Bertz CT molecular complexity index is 298. The first-order valence-electron chi connectivity index (χ1n) is 4.83. The van der Waals surface area contributed by atoms with Crippen LogP contribution >= 0.6 is 0 Å². The minimum atomic E-state index is 0.0664. The Kier molecular flexibility index (Phi) is 1.88. The SMILES string of the molecule is Cc1ccc(C(C)C2(N)CC2)cn1. The van der Waals surface area contributed by atoms with E-state index in [9.17, 15) is 0 Å². The zero-order valence-corrected chi connectivity index (χ0v) is 8.25. The zero-order valence-electron chi connectivity index (χ0n) is 8.25. The van der Waals surface area contributed by atoms with Crippen molar-refractivity contribution < 1.29 is 0 Å². The number of rotatable bonds is 2. The zero-order chi connectivity index (χ0) is 9.47. The number of hydrogen-bond acceptors (Lipinski definition) is 2. The van der Waals surface area contributed by atoms with Gasteiger partial charge in [0, 0.05) is 23.3 Å². The highest BCUT2D eigenvalue weighted by atomic mass is 14.8. The maximum absolute atomic E-state index is 6.13. The van der Waals surface area contributed by atoms with Gasteiger partial charge in [0.15, 0.2) is 0 Å². The fraction of sp³-hybridized carbons (Fsp3) is 0.545. The van der Waals surface area contributed by atoms with Gasteiger partial charge in [0.2, 0.25) is 0 Å². The fourth-order valence-corrected chi connectivity index (χ4v) is 1.64. The molecule has 1 aliphatic rings. The number of nitrogens with two attached hydrogens (primary N) is 1. The van der Waals surface area contributed by atoms with Crippen LogP contribution in [0.5, 0.6) is 0 Å². The molecule has 0 bridgehead atoms. The van der Waals surface area contributed by atoms with Gasteiger partial charge in [0.1, 0.15) is 0 Å². The molecule has 13 heavy (non-hydrogen) atoms. The topological polar surface area (TPSA) is 38.9 Å². The number of hydrogen-bond donors (Lipinski definition) is 1. The summed E-state index contributed by atoms with van der Waals surface area (Å²) in [5.41, 5.74) is 8.54. The summed E-state index contributed by atoms with van der Waals surface area (Å²) in [6.07, 6.45) is 4.26. The van der Waals surface area contributed by atoms with E-state index in [0.717, 1.165) is 18.5 Å². The molecule has 2 N–H and O–H groups in total. The highest BCUT2D eigenvalue weighted by Crippen LogP contribution is 2.44. The van der Waals surface area contributed by atoms with Gasteiger partial charge in [0.05, 0.1) is 0 Å². The number of aromatic nitrogens is 1. The molecule has 70 valence electrons. The average molecular weight is 176 g/mol. The van der Waals surface area contributed by atoms with Crippen molar-refractivity contribution in [2.45, 2.75) is 38.1 Å². The van der Waals surface area contributed by atoms with Crippen LogP contribution in [0.1, 0.15) is 36.9 Å². The van der Waals surface area contributed by atoms with Crippen molar-refractivity contribution in [1.29, 1.82) is 0 Å². The van der Waals surface area contributed by atoms with Crippen LogP contribution < -0.4 is 5.73 Å². The molecule has 0 aromatic carbocycles. The predicted molar refractivity (Wildman–Crippen MR) is 53.5 cm³/mol. The van der Waals surface area contributed by atoms with Crippen LogP contribution in [0.4, 0.5) is 0 Å². The second-order valence-corrected chi connectivity index (χ2v) is 4.19. The number of pyridine rings is 1. The maximum Gasteiger partial charge on any atom is 0.0372 e. The molecule has 1 unspecified atom stereocenters. The third kappa shape index (κ3) is 1.59. The van der Waals surface area contributed by atoms with Crippen molar-refractivity contribution >= 4 is 0 Å². The Hall–Kier alpha value is -0.890. The lowest BCUT2D eigenvalue weighted by molar-refractivity contribution is 0.556. The van der Waals surface area contributed by atoms with Crippen LogP contribution in [0.15, 0.2) is 18.3 Å². The molecule has 1 atom stereocenters. The van der Waals surface area contributed by atoms with Crippen LogP contribution in [0.25, 0.3) is 0 Å². The van der Waals surface area contributed by atoms with Gasteiger partial charge < -0.3 is 5.73 Å². The summed E-state index contributed by atoms with van der Waals surface area (Å²) in [7, 11) is 0. The molecular formula is C11H16N2. The van der Waals surface area contributed by atoms with Crippen molar-refractivity contribution in [2.75, 3.05) is 0 Å². The first-order valence-corrected chi connectivity index (χ1v) is 4.83. The summed E-state index contributed by atoms with van der Waals surface area (Å²) in [6.45, 7) is 4.20. The highest BCUT2D eigenvalue weighted by Gasteiger charge is 2.43. The molecule has 0 radical (unpaired) electrons. The molecule has 2 heteroatoms. The molecular weight excluding hydrogens is 160 g/mol. The second kappa shape index (κ2) is 2.81. The van der Waals surface area contributed by atoms with E-state index in [2.05, 4.69) is 24.0 Å². The minimum absolute atomic E-state index is 0.0664. The summed E-state index contributed by atoms with van der Waals surface area (Å²) in [5.74, 6) is 0.445. The van der Waals surface area contributed by atoms with Crippen molar-refractivity contribution in [1.82, 2.24) is 4.98 Å². The fourth-order valence-electron chi connectivity index (χ4n) is 1.64. The van der Waals surface area contributed by atoms with Gasteiger partial charge in [-0.3, -0.25) is 4.98 Å². The maximum atomic E-state index is 6.13. The molecule has 1 saturated carbocycles. The molecule has 0 saturated heterocycles. The van der Waals surface area contributed by atoms with E-state index in [0.29, 0.717) is 5.92 Å². The van der Waals surface area contributed by atoms with Gasteiger partial charge >= 0.3 is 0 Å². The Morgan fingerprint density at radius 3 is 2.62 bits per heavy atom. The van der Waals surface area contributed by atoms with Crippen LogP contribution in [-0.4, -0.2) is 10.5 Å². The van der Waals surface area contributed by atoms with Crippen molar-refractivity contribution in [3.8, 4) is 0 Å². The van der Waals surface area contributed by atoms with E-state index < -0.39 is 0 Å². The molecule has 1 aliphatic carbocycles. The third-order valence-corrected chi connectivity index (χ3v) is 3.12. The van der Waals surface area contributed by atoms with Crippen LogP contribution in [0, 0.1) is 6.92 Å². The summed E-state index contributed by atoms with van der Waals surface area (Å²) >= 11 is 0. The van der Waals surface area contributed by atoms with E-state index in [4.69, 9.17) is 5.73 Å². The first-order chi connectivity index (χ1) is 6.12. The van der Waals surface area contributed by atoms with Gasteiger partial charge in [-0.15, -0.1) is 0 Å². The lowest BCUT2D eigenvalue weighted by atomic mass is 9.93. The van der Waals surface area contributed by atoms with E-state index >= 15 is 0 Å². The van der Waals surface area contributed by atoms with Crippen LogP contribution in [-0.2, 0) is 0 Å². The monoisotopic (exact) mass is 176 g/mol. The van der Waals surface area contributed by atoms with E-state index in [1.807, 2.05) is 13.1 Å². The van der Waals surface area contributed by atoms with Crippen LogP contribution in [0.3, 0.4) is 0 Å². The molecule has 1 heterocycles. The van der Waals surface area contributed by atoms with Gasteiger partial charge in [-0.2, -0.15) is 0 Å². The standard InChI is InChI=1S/C11H16N2/c1-8-3-4-10(7-13-8)9(2)11(12)5-6-11/h3-4,7,9H,5-6,12H2,1-2H3. The third-order valence-electron chi connectivity index (χ3n) is 3.12. The van der Waals surface area contributed by atoms with Crippen molar-refractivity contribution in [3.05, 3.63) is 29.6 Å². The molecule has 2 nitrogen and oxygen atoms in total. The Morgan fingerprint density at radius 2 is 2.15 bits per heavy atom. The van der Waals surface area contributed by atoms with Crippen LogP contribution in [0.2, 0.25) is 0 Å². The number of aryl methyl sites for hydroxylation is 1. The van der Waals surface area contributed by atoms with Gasteiger partial charge in [-0.05, 0) is 31.4 Å². The van der Waals surface area contributed by atoms with Gasteiger partial charge in [0.25, 0.3) is 0 Å². The van der Waals surface area contributed by atoms with E-state index in [-0.39, 0.29) is 5.54 Å². The van der Waals surface area contributed by atoms with E-state index in [1.165, 1.54) is 5.56 Å². The lowest BCUT2D eigenvalue weighted by Gasteiger charge is -2.18. The largest absolute Gasteiger partial charge is 0.325 e. The highest BCUT2D eigenvalue weighted by molar-refractivity contribution is 5.24. The predicted octanol–water partition coefficient (Wildman–Crippen LogP) is 1.98. The summed E-state index contributed by atoms with van der Waals surface area (Å²) in [5, 5.41) is 0. The molecule has 0 aliphatic heterocycles. The molecule has 1 fully saturated rings. The van der Waals surface area contributed by atoms with E-state index in [1.54, 1.807) is 0 Å². The second-order valence-electron chi connectivity index (χ2n) is 4.19. The average Bonchev–Trinajstić information content (AvgIpc) is 2.85. The Balaban J connectivity index is 2.20. The normalized spacial score (nSPS) is 21.2. The van der Waals surface area contributed by atoms with Crippen molar-refractivity contribution in [3.63, 3.8) is 0 Å². The molecule has 0 spiro atoms. The summed E-state index contributed by atoms with van der Waals surface area (Å²) < 4.78 is 0.